The van der Waals surface area contributed by atoms with Crippen LogP contribution in [0.25, 0.3) is 0 Å². The van der Waals surface area contributed by atoms with E-state index < -0.39 is 0 Å². The van der Waals surface area contributed by atoms with Gasteiger partial charge in [0.15, 0.2) is 0 Å². The van der Waals surface area contributed by atoms with Gasteiger partial charge in [0.2, 0.25) is 5.91 Å². The van der Waals surface area contributed by atoms with Crippen molar-refractivity contribution < 1.29 is 4.79 Å². The minimum atomic E-state index is 0.313. The zero-order chi connectivity index (χ0) is 14.5. The molecule has 3 rings (SSSR count). The molecule has 1 aliphatic heterocycles. The van der Waals surface area contributed by atoms with Crippen LogP contribution >= 0.6 is 11.3 Å². The number of thiophene rings is 1. The minimum Gasteiger partial charge on any atom is -0.343 e. The average Bonchev–Trinajstić information content (AvgIpc) is 3.07. The lowest BCUT2D eigenvalue weighted by molar-refractivity contribution is -0.132. The average molecular weight is 299 g/mol. The van der Waals surface area contributed by atoms with E-state index in [2.05, 4.69) is 47.2 Å². The molecule has 0 unspecified atom stereocenters. The highest BCUT2D eigenvalue weighted by atomic mass is 32.1. The van der Waals surface area contributed by atoms with E-state index in [-0.39, 0.29) is 0 Å². The molecule has 0 spiro atoms. The molecule has 0 aliphatic carbocycles. The van der Waals surface area contributed by atoms with E-state index in [4.69, 9.17) is 0 Å². The Morgan fingerprint density at radius 3 is 2.57 bits per heavy atom. The van der Waals surface area contributed by atoms with Gasteiger partial charge >= 0.3 is 0 Å². The molecular weight excluding hydrogens is 278 g/mol. The van der Waals surface area contributed by atoms with Crippen LogP contribution in [0.1, 0.15) is 36.3 Å². The number of piperidine rings is 1. The van der Waals surface area contributed by atoms with Gasteiger partial charge in [0.25, 0.3) is 0 Å². The smallest absolute Gasteiger partial charge is 0.222 e. The van der Waals surface area contributed by atoms with Crippen molar-refractivity contribution >= 4 is 17.2 Å². The molecule has 1 amide bonds. The first-order valence-electron chi connectivity index (χ1n) is 7.67. The first kappa shape index (κ1) is 14.3. The number of nitrogens with zero attached hydrogens (tertiary/aromatic N) is 1. The summed E-state index contributed by atoms with van der Waals surface area (Å²) in [4.78, 5) is 14.3. The molecule has 0 radical (unpaired) electrons. The Hall–Kier alpha value is -1.61. The third-order valence-corrected chi connectivity index (χ3v) is 5.06. The van der Waals surface area contributed by atoms with Crippen LogP contribution in [0, 0.1) is 0 Å². The number of benzene rings is 1. The Bertz CT molecular complexity index is 556. The SMILES string of the molecule is O=C(CCc1ccsc1)N1CCC(c2ccccc2)CC1. The fourth-order valence-corrected chi connectivity index (χ4v) is 3.73. The summed E-state index contributed by atoms with van der Waals surface area (Å²) < 4.78 is 0. The monoisotopic (exact) mass is 299 g/mol. The number of rotatable bonds is 4. The van der Waals surface area contributed by atoms with E-state index in [1.807, 2.05) is 4.90 Å². The number of hydrogen-bond donors (Lipinski definition) is 0. The molecule has 1 aromatic heterocycles. The molecule has 0 N–H and O–H groups in total. The lowest BCUT2D eigenvalue weighted by atomic mass is 9.89. The Labute approximate surface area is 130 Å². The van der Waals surface area contributed by atoms with Crippen LogP contribution < -0.4 is 0 Å². The highest BCUT2D eigenvalue weighted by Crippen LogP contribution is 2.28. The lowest BCUT2D eigenvalue weighted by Gasteiger charge is -2.32. The van der Waals surface area contributed by atoms with E-state index in [1.165, 1.54) is 11.1 Å². The summed E-state index contributed by atoms with van der Waals surface area (Å²) in [6, 6.07) is 12.8. The Morgan fingerprint density at radius 2 is 1.90 bits per heavy atom. The predicted molar refractivity (Wildman–Crippen MR) is 87.6 cm³/mol. The van der Waals surface area contributed by atoms with Crippen LogP contribution in [0.15, 0.2) is 47.2 Å². The van der Waals surface area contributed by atoms with Crippen molar-refractivity contribution in [3.05, 3.63) is 58.3 Å². The summed E-state index contributed by atoms with van der Waals surface area (Å²) >= 11 is 1.70. The first-order valence-corrected chi connectivity index (χ1v) is 8.61. The van der Waals surface area contributed by atoms with Gasteiger partial charge in [-0.2, -0.15) is 11.3 Å². The second-order valence-electron chi connectivity index (χ2n) is 5.70. The van der Waals surface area contributed by atoms with E-state index in [1.54, 1.807) is 11.3 Å². The second-order valence-corrected chi connectivity index (χ2v) is 6.48. The van der Waals surface area contributed by atoms with Crippen molar-refractivity contribution in [2.75, 3.05) is 13.1 Å². The highest BCUT2D eigenvalue weighted by Gasteiger charge is 2.23. The number of aryl methyl sites for hydroxylation is 1. The number of carbonyl (C=O) groups is 1. The third kappa shape index (κ3) is 3.73. The first-order chi connectivity index (χ1) is 10.3. The predicted octanol–water partition coefficient (Wildman–Crippen LogP) is 4.09. The van der Waals surface area contributed by atoms with Crippen molar-refractivity contribution in [1.29, 1.82) is 0 Å². The lowest BCUT2D eigenvalue weighted by Crippen LogP contribution is -2.38. The molecule has 2 aromatic rings. The molecule has 0 bridgehead atoms. The molecule has 21 heavy (non-hydrogen) atoms. The maximum absolute atomic E-state index is 12.3. The van der Waals surface area contributed by atoms with Gasteiger partial charge in [-0.15, -0.1) is 0 Å². The van der Waals surface area contributed by atoms with Crippen LogP contribution in [-0.2, 0) is 11.2 Å². The molecule has 1 aromatic carbocycles. The Morgan fingerprint density at radius 1 is 1.14 bits per heavy atom. The molecular formula is C18H21NOS. The van der Waals surface area contributed by atoms with E-state index in [0.717, 1.165) is 32.4 Å². The molecule has 1 fully saturated rings. The summed E-state index contributed by atoms with van der Waals surface area (Å²) in [5.74, 6) is 0.930. The van der Waals surface area contributed by atoms with Gasteiger partial charge in [-0.25, -0.2) is 0 Å². The second kappa shape index (κ2) is 6.90. The van der Waals surface area contributed by atoms with Crippen molar-refractivity contribution in [2.45, 2.75) is 31.6 Å². The minimum absolute atomic E-state index is 0.313. The molecule has 3 heteroatoms. The van der Waals surface area contributed by atoms with Crippen molar-refractivity contribution in [1.82, 2.24) is 4.90 Å². The van der Waals surface area contributed by atoms with Crippen LogP contribution in [0.2, 0.25) is 0 Å². The van der Waals surface area contributed by atoms with Crippen LogP contribution in [0.4, 0.5) is 0 Å². The summed E-state index contributed by atoms with van der Waals surface area (Å²) in [7, 11) is 0. The molecule has 2 heterocycles. The standard InChI is InChI=1S/C18H21NOS/c20-18(7-6-15-10-13-21-14-15)19-11-8-17(9-12-19)16-4-2-1-3-5-16/h1-5,10,13-14,17H,6-9,11-12H2. The molecule has 1 aliphatic rings. The van der Waals surface area contributed by atoms with E-state index in [0.29, 0.717) is 18.2 Å². The molecule has 0 atom stereocenters. The molecule has 1 saturated heterocycles. The summed E-state index contributed by atoms with van der Waals surface area (Å²) in [6.07, 6.45) is 3.70. The van der Waals surface area contributed by atoms with Crippen molar-refractivity contribution in [2.24, 2.45) is 0 Å². The Balaban J connectivity index is 1.48. The quantitative estimate of drug-likeness (QED) is 0.833. The number of carbonyl (C=O) groups excluding carboxylic acids is 1. The summed E-state index contributed by atoms with van der Waals surface area (Å²) in [6.45, 7) is 1.81. The molecule has 0 saturated carbocycles. The van der Waals surface area contributed by atoms with Gasteiger partial charge in [-0.05, 0) is 53.1 Å². The van der Waals surface area contributed by atoms with Crippen molar-refractivity contribution in [3.63, 3.8) is 0 Å². The van der Waals surface area contributed by atoms with E-state index in [9.17, 15) is 4.79 Å². The fraction of sp³-hybridized carbons (Fsp3) is 0.389. The molecule has 2 nitrogen and oxygen atoms in total. The number of likely N-dealkylation sites (tertiary alicyclic amines) is 1. The van der Waals surface area contributed by atoms with Gasteiger partial charge < -0.3 is 4.90 Å². The zero-order valence-corrected chi connectivity index (χ0v) is 13.0. The topological polar surface area (TPSA) is 20.3 Å². The van der Waals surface area contributed by atoms with Gasteiger partial charge in [-0.3, -0.25) is 4.79 Å². The van der Waals surface area contributed by atoms with Crippen molar-refractivity contribution in [3.8, 4) is 0 Å². The normalized spacial score (nSPS) is 16.1. The van der Waals surface area contributed by atoms with Gasteiger partial charge in [0.1, 0.15) is 0 Å². The number of hydrogen-bond acceptors (Lipinski definition) is 2. The van der Waals surface area contributed by atoms with Gasteiger partial charge in [0, 0.05) is 19.5 Å². The van der Waals surface area contributed by atoms with E-state index >= 15 is 0 Å². The fourth-order valence-electron chi connectivity index (χ4n) is 3.03. The summed E-state index contributed by atoms with van der Waals surface area (Å²) in [5.41, 5.74) is 2.70. The summed E-state index contributed by atoms with van der Waals surface area (Å²) in [5, 5.41) is 4.21. The maximum Gasteiger partial charge on any atom is 0.222 e. The van der Waals surface area contributed by atoms with Crippen LogP contribution in [-0.4, -0.2) is 23.9 Å². The third-order valence-electron chi connectivity index (χ3n) is 4.33. The molecule has 110 valence electrons. The highest BCUT2D eigenvalue weighted by molar-refractivity contribution is 7.07. The number of amides is 1. The van der Waals surface area contributed by atoms with Gasteiger partial charge in [-0.1, -0.05) is 30.3 Å². The van der Waals surface area contributed by atoms with Crippen LogP contribution in [0.3, 0.4) is 0 Å². The van der Waals surface area contributed by atoms with Crippen LogP contribution in [0.5, 0.6) is 0 Å². The van der Waals surface area contributed by atoms with Gasteiger partial charge in [0.05, 0.1) is 0 Å². The zero-order valence-electron chi connectivity index (χ0n) is 12.2. The Kier molecular flexibility index (Phi) is 4.71. The largest absolute Gasteiger partial charge is 0.343 e. The maximum atomic E-state index is 12.3.